The fourth-order valence-electron chi connectivity index (χ4n) is 12.3. The number of halogens is 2. The van der Waals surface area contributed by atoms with Crippen LogP contribution in [0.15, 0.2) is 133 Å². The first-order valence-electron chi connectivity index (χ1n) is 27.8. The van der Waals surface area contributed by atoms with Gasteiger partial charge in [0.15, 0.2) is 23.1 Å². The van der Waals surface area contributed by atoms with Crippen molar-refractivity contribution >= 4 is 29.0 Å². The van der Waals surface area contributed by atoms with Gasteiger partial charge in [-0.15, -0.1) is 0 Å². The summed E-state index contributed by atoms with van der Waals surface area (Å²) in [6.07, 6.45) is 0. The van der Waals surface area contributed by atoms with Crippen LogP contribution in [-0.2, 0) is 4.79 Å². The number of ketones is 4. The predicted octanol–water partition coefficient (Wildman–Crippen LogP) is 9.43. The van der Waals surface area contributed by atoms with E-state index in [9.17, 15) is 48.8 Å². The topological polar surface area (TPSA) is 191 Å². The van der Waals surface area contributed by atoms with Gasteiger partial charge in [-0.3, -0.25) is 28.9 Å². The van der Waals surface area contributed by atoms with E-state index in [1.807, 2.05) is 63.5 Å². The monoisotopic (exact) mass is 1120 g/mol. The molecular formula is C66H75F2N5O9. The van der Waals surface area contributed by atoms with Crippen molar-refractivity contribution in [2.75, 3.05) is 67.0 Å². The molecule has 1 unspecified atom stereocenters. The molecule has 0 spiro atoms. The number of amides is 1. The molecule has 3 aliphatic heterocycles. The lowest BCUT2D eigenvalue weighted by molar-refractivity contribution is -0.146. The number of Topliss-reactive ketones (excluding diaryl/α,β-unsaturated/α-hetero) is 4. The van der Waals surface area contributed by atoms with E-state index in [4.69, 9.17) is 0 Å². The van der Waals surface area contributed by atoms with E-state index in [1.54, 1.807) is 86.6 Å². The third kappa shape index (κ3) is 12.6. The van der Waals surface area contributed by atoms with E-state index in [0.717, 1.165) is 13.1 Å². The SMILES string of the molecule is Cc1c(F)cccc1C1[C@@H](C(=O)c2cccc(O)c2)CN(C(C)(C)C(=O)N2CCN(C)CC2)C[C@@H]1C(=O)c1cccc(O)c1.Cc1c(F)cccc1[C@@H]1C(C(=O)c2cccc(O)c2)[C@@H](C(C)(C)N(C)C)NC[C@@H]1C(=O)c1cccc(O)c1. The van der Waals surface area contributed by atoms with Crippen molar-refractivity contribution in [3.63, 3.8) is 0 Å². The number of hydrogen-bond donors (Lipinski definition) is 5. The molecule has 14 nitrogen and oxygen atoms in total. The van der Waals surface area contributed by atoms with Crippen molar-refractivity contribution in [3.05, 3.63) is 190 Å². The molecule has 3 heterocycles. The average molecular weight is 1120 g/mol. The van der Waals surface area contributed by atoms with Gasteiger partial charge in [-0.2, -0.15) is 0 Å². The van der Waals surface area contributed by atoms with E-state index < -0.39 is 64.3 Å². The molecule has 3 saturated heterocycles. The molecule has 0 saturated carbocycles. The molecule has 432 valence electrons. The summed E-state index contributed by atoms with van der Waals surface area (Å²) < 4.78 is 30.0. The van der Waals surface area contributed by atoms with Gasteiger partial charge in [-0.1, -0.05) is 72.8 Å². The number of piperazine rings is 1. The summed E-state index contributed by atoms with van der Waals surface area (Å²) in [6, 6.07) is 33.5. The number of likely N-dealkylation sites (tertiary alicyclic amines) is 1. The van der Waals surface area contributed by atoms with Crippen LogP contribution < -0.4 is 5.32 Å². The second-order valence-corrected chi connectivity index (χ2v) is 23.5. The summed E-state index contributed by atoms with van der Waals surface area (Å²) in [7, 11) is 5.88. The van der Waals surface area contributed by atoms with Crippen LogP contribution in [0.1, 0.15) is 103 Å². The average Bonchev–Trinajstić information content (AvgIpc) is 3.65. The molecule has 0 aromatic heterocycles. The molecule has 5 N–H and O–H groups in total. The molecule has 0 bridgehead atoms. The number of carbonyl (C=O) groups is 5. The first-order valence-corrected chi connectivity index (χ1v) is 27.8. The number of aromatic hydroxyl groups is 4. The van der Waals surface area contributed by atoms with E-state index in [0.29, 0.717) is 46.5 Å². The fraction of sp³-hybridized carbons (Fsp3) is 0.379. The summed E-state index contributed by atoms with van der Waals surface area (Å²) in [5, 5.41) is 44.1. The van der Waals surface area contributed by atoms with Gasteiger partial charge in [0.25, 0.3) is 0 Å². The third-order valence-corrected chi connectivity index (χ3v) is 17.6. The maximum absolute atomic E-state index is 15.0. The van der Waals surface area contributed by atoms with Crippen LogP contribution in [-0.4, -0.2) is 153 Å². The summed E-state index contributed by atoms with van der Waals surface area (Å²) in [4.78, 5) is 79.1. The molecule has 82 heavy (non-hydrogen) atoms. The molecule has 3 fully saturated rings. The number of carbonyl (C=O) groups excluding carboxylic acids is 5. The van der Waals surface area contributed by atoms with Gasteiger partial charge < -0.3 is 40.4 Å². The fourth-order valence-corrected chi connectivity index (χ4v) is 12.3. The lowest BCUT2D eigenvalue weighted by Gasteiger charge is -2.51. The van der Waals surface area contributed by atoms with Gasteiger partial charge in [-0.05, 0) is 146 Å². The largest absolute Gasteiger partial charge is 0.508 e. The van der Waals surface area contributed by atoms with Crippen molar-refractivity contribution in [1.29, 1.82) is 0 Å². The summed E-state index contributed by atoms with van der Waals surface area (Å²) in [6.45, 7) is 14.2. The zero-order valence-corrected chi connectivity index (χ0v) is 48.1. The molecule has 1 amide bonds. The maximum Gasteiger partial charge on any atom is 0.242 e. The summed E-state index contributed by atoms with van der Waals surface area (Å²) >= 11 is 0. The highest BCUT2D eigenvalue weighted by molar-refractivity contribution is 6.04. The first-order chi connectivity index (χ1) is 38.8. The number of benzene rings is 6. The smallest absolute Gasteiger partial charge is 0.242 e. The molecule has 9 rings (SSSR count). The van der Waals surface area contributed by atoms with Crippen molar-refractivity contribution in [2.24, 2.45) is 23.7 Å². The Bertz CT molecular complexity index is 3290. The zero-order valence-electron chi connectivity index (χ0n) is 48.1. The van der Waals surface area contributed by atoms with Crippen LogP contribution in [0.4, 0.5) is 8.78 Å². The molecule has 6 aromatic rings. The van der Waals surface area contributed by atoms with Gasteiger partial charge in [0.1, 0.15) is 34.6 Å². The number of nitrogens with one attached hydrogen (secondary N) is 1. The zero-order chi connectivity index (χ0) is 59.5. The Hall–Kier alpha value is -7.63. The van der Waals surface area contributed by atoms with Gasteiger partial charge in [0.05, 0.1) is 5.54 Å². The van der Waals surface area contributed by atoms with Crippen molar-refractivity contribution in [2.45, 2.75) is 70.5 Å². The Labute approximate surface area is 479 Å². The second-order valence-electron chi connectivity index (χ2n) is 23.5. The number of phenolic OH excluding ortho intramolecular Hbond substituents is 4. The minimum Gasteiger partial charge on any atom is -0.508 e. The third-order valence-electron chi connectivity index (χ3n) is 17.6. The lowest BCUT2D eigenvalue weighted by atomic mass is 9.62. The molecule has 0 radical (unpaired) electrons. The Balaban J connectivity index is 0.000000217. The minimum absolute atomic E-state index is 0.0305. The molecular weight excluding hydrogens is 1040 g/mol. The molecule has 16 heteroatoms. The highest BCUT2D eigenvalue weighted by Crippen LogP contribution is 2.47. The Kier molecular flexibility index (Phi) is 18.3. The second kappa shape index (κ2) is 24.8. The van der Waals surface area contributed by atoms with Gasteiger partial charge >= 0.3 is 0 Å². The Morgan fingerprint density at radius 2 is 0.915 bits per heavy atom. The highest BCUT2D eigenvalue weighted by Gasteiger charge is 2.53. The molecule has 3 aliphatic rings. The van der Waals surface area contributed by atoms with Gasteiger partial charge in [-0.25, -0.2) is 8.78 Å². The lowest BCUT2D eigenvalue weighted by Crippen LogP contribution is -2.65. The van der Waals surface area contributed by atoms with Gasteiger partial charge in [0, 0.05) is 115 Å². The summed E-state index contributed by atoms with van der Waals surface area (Å²) in [5.74, 6) is -6.81. The van der Waals surface area contributed by atoms with Gasteiger partial charge in [0.2, 0.25) is 5.91 Å². The maximum atomic E-state index is 15.0. The van der Waals surface area contributed by atoms with Crippen molar-refractivity contribution in [1.82, 2.24) is 24.9 Å². The molecule has 6 aromatic carbocycles. The van der Waals surface area contributed by atoms with E-state index in [2.05, 4.69) is 10.2 Å². The van der Waals surface area contributed by atoms with Crippen LogP contribution >= 0.6 is 0 Å². The van der Waals surface area contributed by atoms with Crippen LogP contribution in [0.2, 0.25) is 0 Å². The first kappa shape index (κ1) is 60.5. The van der Waals surface area contributed by atoms with Crippen LogP contribution in [0.25, 0.3) is 0 Å². The van der Waals surface area contributed by atoms with Crippen LogP contribution in [0, 0.1) is 49.2 Å². The van der Waals surface area contributed by atoms with E-state index in [1.165, 1.54) is 60.7 Å². The highest BCUT2D eigenvalue weighted by atomic mass is 19.1. The summed E-state index contributed by atoms with van der Waals surface area (Å²) in [5.41, 5.74) is 1.47. The van der Waals surface area contributed by atoms with E-state index in [-0.39, 0.29) is 82.8 Å². The minimum atomic E-state index is -1.06. The molecule has 0 aliphatic carbocycles. The number of phenols is 4. The number of likely N-dealkylation sites (N-methyl/N-ethyl adjacent to an activating group) is 2. The quantitative estimate of drug-likeness (QED) is 0.0649. The van der Waals surface area contributed by atoms with Crippen molar-refractivity contribution < 1.29 is 53.2 Å². The molecule has 6 atom stereocenters. The van der Waals surface area contributed by atoms with Crippen molar-refractivity contribution in [3.8, 4) is 23.0 Å². The number of rotatable bonds is 14. The number of hydrogen-bond acceptors (Lipinski definition) is 13. The Morgan fingerprint density at radius 3 is 1.32 bits per heavy atom. The normalized spacial score (nSPS) is 21.1. The van der Waals surface area contributed by atoms with E-state index >= 15 is 4.39 Å². The van der Waals surface area contributed by atoms with Crippen LogP contribution in [0.5, 0.6) is 23.0 Å². The number of nitrogens with zero attached hydrogens (tertiary/aromatic N) is 4. The van der Waals surface area contributed by atoms with Crippen LogP contribution in [0.3, 0.4) is 0 Å². The Morgan fingerprint density at radius 1 is 0.537 bits per heavy atom. The number of piperidine rings is 2. The predicted molar refractivity (Wildman–Crippen MR) is 311 cm³/mol. The standard InChI is InChI=1S/C35H40FN3O5.C31H35FN2O4/c1-22-27(12-7-13-30(22)36)31-28(32(42)23-8-5-10-25(40)18-23)20-39(21-29(31)33(43)24-9-6-11-26(41)19-24)35(2,3)34(44)38-16-14-37(4)15-17-38;1-18-23(13-8-14-25(18)32)26-24(28(37)19-9-6-11-21(35)15-19)17-33-30(31(2,3)34(4)5)27(26)29(38)20-10-7-12-22(36)16-20/h5-13,18-19,28-29,31,40-41H,14-17,20-21H2,1-4H3;6-16,24,26-27,30,33,35-36H,17H2,1-5H3/t28-,29-;24-,26-,27?,30-/m00/s1.